The van der Waals surface area contributed by atoms with Crippen LogP contribution < -0.4 is 4.74 Å². The molecule has 0 aromatic heterocycles. The second kappa shape index (κ2) is 9.00. The lowest BCUT2D eigenvalue weighted by molar-refractivity contribution is -0.0614. The fourth-order valence-corrected chi connectivity index (χ4v) is 4.72. The highest BCUT2D eigenvalue weighted by Crippen LogP contribution is 2.41. The van der Waals surface area contributed by atoms with Gasteiger partial charge in [0.2, 0.25) is 0 Å². The van der Waals surface area contributed by atoms with Crippen molar-refractivity contribution >= 4 is 0 Å². The molecule has 4 rings (SSSR count). The summed E-state index contributed by atoms with van der Waals surface area (Å²) >= 11 is 0. The molecule has 2 aliphatic rings. The van der Waals surface area contributed by atoms with E-state index in [2.05, 4.69) is 53.0 Å². The smallest absolute Gasteiger partial charge is 0.118 e. The topological polar surface area (TPSA) is 35.9 Å². The van der Waals surface area contributed by atoms with Gasteiger partial charge in [0.05, 0.1) is 13.7 Å². The summed E-state index contributed by atoms with van der Waals surface area (Å²) in [6.45, 7) is 3.57. The first-order valence-electron chi connectivity index (χ1n) is 10.5. The number of aliphatic hydroxyl groups is 1. The molecule has 0 spiro atoms. The minimum absolute atomic E-state index is 0.226. The van der Waals surface area contributed by atoms with Crippen molar-refractivity contribution in [1.29, 1.82) is 0 Å². The molecule has 1 N–H and O–H groups in total. The average molecular weight is 391 g/mol. The molecular formula is C25H30N2O2. The molecule has 0 bridgehead atoms. The van der Waals surface area contributed by atoms with E-state index in [-0.39, 0.29) is 12.6 Å². The van der Waals surface area contributed by atoms with Gasteiger partial charge in [-0.2, -0.15) is 0 Å². The number of benzene rings is 2. The fourth-order valence-electron chi connectivity index (χ4n) is 4.72. The second-order valence-corrected chi connectivity index (χ2v) is 8.15. The third-order valence-corrected chi connectivity index (χ3v) is 6.31. The Morgan fingerprint density at radius 2 is 1.59 bits per heavy atom. The maximum atomic E-state index is 10.0. The summed E-state index contributed by atoms with van der Waals surface area (Å²) in [5, 5.41) is 10.0. The van der Waals surface area contributed by atoms with Crippen LogP contribution >= 0.6 is 0 Å². The van der Waals surface area contributed by atoms with Gasteiger partial charge in [-0.1, -0.05) is 24.0 Å². The van der Waals surface area contributed by atoms with E-state index in [0.717, 1.165) is 30.0 Å². The Balaban J connectivity index is 1.48. The molecular weight excluding hydrogens is 360 g/mol. The number of nitrogens with zero attached hydrogens (tertiary/aromatic N) is 2. The summed E-state index contributed by atoms with van der Waals surface area (Å²) in [5.74, 6) is 7.70. The monoisotopic (exact) mass is 390 g/mol. The molecule has 152 valence electrons. The molecule has 2 heterocycles. The van der Waals surface area contributed by atoms with E-state index in [0.29, 0.717) is 12.0 Å². The van der Waals surface area contributed by atoms with Crippen LogP contribution in [0.4, 0.5) is 0 Å². The highest BCUT2D eigenvalue weighted by atomic mass is 16.5. The van der Waals surface area contributed by atoms with E-state index in [1.807, 2.05) is 24.3 Å². The second-order valence-electron chi connectivity index (χ2n) is 8.15. The number of hydrogen-bond donors (Lipinski definition) is 1. The first-order valence-corrected chi connectivity index (χ1v) is 10.5. The SMILES string of the molecule is COc1ccc(C#Cc2ccc([C@@H]3[C@H](CO)N4CCCCN(C)C[C@@H]34)cc2)cc1. The largest absolute Gasteiger partial charge is 0.497 e. The van der Waals surface area contributed by atoms with Gasteiger partial charge in [0.1, 0.15) is 5.75 Å². The van der Waals surface area contributed by atoms with E-state index < -0.39 is 0 Å². The van der Waals surface area contributed by atoms with E-state index in [4.69, 9.17) is 4.74 Å². The average Bonchev–Trinajstić information content (AvgIpc) is 2.74. The Morgan fingerprint density at radius 3 is 2.21 bits per heavy atom. The molecule has 4 nitrogen and oxygen atoms in total. The van der Waals surface area contributed by atoms with Gasteiger partial charge in [0, 0.05) is 35.7 Å². The zero-order valence-corrected chi connectivity index (χ0v) is 17.3. The minimum Gasteiger partial charge on any atom is -0.497 e. The van der Waals surface area contributed by atoms with Crippen LogP contribution in [0.1, 0.15) is 35.4 Å². The van der Waals surface area contributed by atoms with Crippen LogP contribution in [-0.2, 0) is 0 Å². The van der Waals surface area contributed by atoms with Crippen LogP contribution in [0.25, 0.3) is 0 Å². The molecule has 2 aliphatic heterocycles. The number of methoxy groups -OCH3 is 1. The van der Waals surface area contributed by atoms with Crippen LogP contribution in [0, 0.1) is 11.8 Å². The third kappa shape index (κ3) is 4.33. The Kier molecular flexibility index (Phi) is 6.20. The highest BCUT2D eigenvalue weighted by Gasteiger charge is 2.48. The van der Waals surface area contributed by atoms with Crippen molar-refractivity contribution in [2.75, 3.05) is 40.4 Å². The Bertz CT molecular complexity index is 866. The molecule has 2 aromatic rings. The van der Waals surface area contributed by atoms with Gasteiger partial charge in [-0.25, -0.2) is 0 Å². The Hall–Kier alpha value is -2.32. The summed E-state index contributed by atoms with van der Waals surface area (Å²) in [6, 6.07) is 17.1. The predicted octanol–water partition coefficient (Wildman–Crippen LogP) is 2.95. The van der Waals surface area contributed by atoms with Gasteiger partial charge in [0.25, 0.3) is 0 Å². The zero-order valence-electron chi connectivity index (χ0n) is 17.3. The highest BCUT2D eigenvalue weighted by molar-refractivity contribution is 5.45. The number of rotatable bonds is 3. The summed E-state index contributed by atoms with van der Waals surface area (Å²) < 4.78 is 5.19. The van der Waals surface area contributed by atoms with Gasteiger partial charge in [-0.15, -0.1) is 0 Å². The number of ether oxygens (including phenoxy) is 1. The van der Waals surface area contributed by atoms with Crippen LogP contribution in [-0.4, -0.2) is 67.4 Å². The molecule has 0 amide bonds. The standard InChI is InChI=1S/C25H30N2O2/c1-26-15-3-4-16-27-23(17-26)25(24(27)18-28)21-11-7-19(8-12-21)5-6-20-9-13-22(29-2)14-10-20/h7-14,23-25,28H,3-4,15-18H2,1-2H3/t23-,24-,25-/m0/s1. The lowest BCUT2D eigenvalue weighted by atomic mass is 9.74. The van der Waals surface area contributed by atoms with Gasteiger partial charge >= 0.3 is 0 Å². The predicted molar refractivity (Wildman–Crippen MR) is 116 cm³/mol. The maximum Gasteiger partial charge on any atom is 0.118 e. The van der Waals surface area contributed by atoms with E-state index >= 15 is 0 Å². The number of fused-ring (bicyclic) bond motifs is 1. The van der Waals surface area contributed by atoms with Crippen molar-refractivity contribution in [2.24, 2.45) is 0 Å². The summed E-state index contributed by atoms with van der Waals surface area (Å²) in [7, 11) is 3.88. The van der Waals surface area contributed by atoms with Crippen LogP contribution in [0.15, 0.2) is 48.5 Å². The molecule has 2 fully saturated rings. The molecule has 29 heavy (non-hydrogen) atoms. The van der Waals surface area contributed by atoms with Crippen LogP contribution in [0.5, 0.6) is 5.75 Å². The first kappa shape index (κ1) is 20.0. The summed E-state index contributed by atoms with van der Waals surface area (Å²) in [4.78, 5) is 4.95. The van der Waals surface area contributed by atoms with E-state index in [1.165, 1.54) is 24.9 Å². The van der Waals surface area contributed by atoms with E-state index in [9.17, 15) is 5.11 Å². The van der Waals surface area contributed by atoms with Crippen molar-refractivity contribution in [1.82, 2.24) is 9.80 Å². The molecule has 3 atom stereocenters. The van der Waals surface area contributed by atoms with Crippen LogP contribution in [0.3, 0.4) is 0 Å². The van der Waals surface area contributed by atoms with E-state index in [1.54, 1.807) is 7.11 Å². The lowest BCUT2D eigenvalue weighted by Crippen LogP contribution is -2.67. The van der Waals surface area contributed by atoms with Crippen molar-refractivity contribution in [3.63, 3.8) is 0 Å². The summed E-state index contributed by atoms with van der Waals surface area (Å²) in [6.07, 6.45) is 2.45. The molecule has 4 heteroatoms. The molecule has 2 aromatic carbocycles. The van der Waals surface area contributed by atoms with Crippen LogP contribution in [0.2, 0.25) is 0 Å². The van der Waals surface area contributed by atoms with Crippen molar-refractivity contribution in [3.05, 3.63) is 65.2 Å². The fraction of sp³-hybridized carbons (Fsp3) is 0.440. The normalized spacial score (nSPS) is 25.0. The number of likely N-dealkylation sites (N-methyl/N-ethyl adjacent to an activating group) is 1. The molecule has 0 aliphatic carbocycles. The Morgan fingerprint density at radius 1 is 0.966 bits per heavy atom. The molecule has 2 saturated heterocycles. The maximum absolute atomic E-state index is 10.0. The lowest BCUT2D eigenvalue weighted by Gasteiger charge is -2.57. The first-order chi connectivity index (χ1) is 14.2. The zero-order chi connectivity index (χ0) is 20.2. The molecule has 0 saturated carbocycles. The van der Waals surface area contributed by atoms with Gasteiger partial charge in [-0.05, 0) is 74.9 Å². The Labute approximate surface area is 174 Å². The molecule has 0 unspecified atom stereocenters. The summed E-state index contributed by atoms with van der Waals surface area (Å²) in [5.41, 5.74) is 3.30. The number of hydrogen-bond acceptors (Lipinski definition) is 4. The van der Waals surface area contributed by atoms with Crippen molar-refractivity contribution in [3.8, 4) is 17.6 Å². The molecule has 0 radical (unpaired) electrons. The van der Waals surface area contributed by atoms with Crippen molar-refractivity contribution in [2.45, 2.75) is 30.8 Å². The van der Waals surface area contributed by atoms with Gasteiger partial charge in [0.15, 0.2) is 0 Å². The van der Waals surface area contributed by atoms with Gasteiger partial charge < -0.3 is 14.7 Å². The quantitative estimate of drug-likeness (QED) is 0.818. The minimum atomic E-state index is 0.226. The van der Waals surface area contributed by atoms with Gasteiger partial charge in [-0.3, -0.25) is 4.90 Å². The number of aliphatic hydroxyl groups excluding tert-OH is 1. The van der Waals surface area contributed by atoms with Crippen molar-refractivity contribution < 1.29 is 9.84 Å². The third-order valence-electron chi connectivity index (χ3n) is 6.31.